The smallest absolute Gasteiger partial charge is 0.411 e. The van der Waals surface area contributed by atoms with E-state index in [4.69, 9.17) is 13.9 Å². The number of furan rings is 1. The molecule has 3 aliphatic heterocycles. The molecule has 11 nitrogen and oxygen atoms in total. The highest BCUT2D eigenvalue weighted by molar-refractivity contribution is 5.92. The van der Waals surface area contributed by atoms with Crippen LogP contribution in [0, 0.1) is 23.1 Å². The van der Waals surface area contributed by atoms with Gasteiger partial charge in [0, 0.05) is 44.2 Å². The molecule has 0 radical (unpaired) electrons. The number of benzene rings is 1. The van der Waals surface area contributed by atoms with Crippen molar-refractivity contribution in [3.63, 3.8) is 0 Å². The lowest BCUT2D eigenvalue weighted by Gasteiger charge is -2.43. The summed E-state index contributed by atoms with van der Waals surface area (Å²) < 4.78 is 32.3. The minimum Gasteiger partial charge on any atom is -0.451 e. The van der Waals surface area contributed by atoms with E-state index in [2.05, 4.69) is 16.3 Å². The van der Waals surface area contributed by atoms with Gasteiger partial charge >= 0.3 is 6.09 Å². The maximum Gasteiger partial charge on any atom is 0.411 e. The summed E-state index contributed by atoms with van der Waals surface area (Å²) in [6.07, 6.45) is 1.76. The second-order valence-corrected chi connectivity index (χ2v) is 13.4. The summed E-state index contributed by atoms with van der Waals surface area (Å²) in [6, 6.07) is 8.21. The highest BCUT2D eigenvalue weighted by atomic mass is 19.1. The Hall–Kier alpha value is -3.95. The van der Waals surface area contributed by atoms with E-state index in [0.717, 1.165) is 32.4 Å². The van der Waals surface area contributed by atoms with Gasteiger partial charge in [0.1, 0.15) is 29.3 Å². The lowest BCUT2D eigenvalue weighted by atomic mass is 9.97. The highest BCUT2D eigenvalue weighted by Gasteiger charge is 2.52. The Kier molecular flexibility index (Phi) is 8.59. The van der Waals surface area contributed by atoms with Crippen LogP contribution in [0.25, 0.3) is 11.3 Å². The Labute approximate surface area is 262 Å². The molecular weight excluding hydrogens is 581 g/mol. The Balaban J connectivity index is 1.09. The number of rotatable bonds is 6. The van der Waals surface area contributed by atoms with Crippen LogP contribution in [-0.4, -0.2) is 102 Å². The third kappa shape index (κ3) is 6.56. The number of hydrogen-bond donors (Lipinski definition) is 1. The zero-order valence-electron chi connectivity index (χ0n) is 26.0. The number of nitriles is 1. The lowest BCUT2D eigenvalue weighted by Crippen LogP contribution is -2.59. The summed E-state index contributed by atoms with van der Waals surface area (Å²) in [4.78, 5) is 45.1. The molecular formula is C33H40FN5O6. The molecule has 1 saturated carbocycles. The van der Waals surface area contributed by atoms with Crippen molar-refractivity contribution in [1.82, 2.24) is 20.0 Å². The van der Waals surface area contributed by atoms with Gasteiger partial charge in [-0.2, -0.15) is 5.26 Å². The number of piperidine rings is 1. The number of likely N-dealkylation sites (tertiary alicyclic amines) is 1. The van der Waals surface area contributed by atoms with Gasteiger partial charge in [0.2, 0.25) is 5.91 Å². The first-order chi connectivity index (χ1) is 21.5. The number of nitrogens with zero attached hydrogens (tertiary/aromatic N) is 4. The van der Waals surface area contributed by atoms with Crippen LogP contribution in [0.15, 0.2) is 34.7 Å². The number of fused-ring (bicyclic) bond motifs is 3. The van der Waals surface area contributed by atoms with Gasteiger partial charge in [-0.25, -0.2) is 9.18 Å². The van der Waals surface area contributed by atoms with Gasteiger partial charge in [0.25, 0.3) is 5.91 Å². The fourth-order valence-corrected chi connectivity index (χ4v) is 7.07. The molecule has 0 spiro atoms. The van der Waals surface area contributed by atoms with E-state index in [0.29, 0.717) is 37.6 Å². The van der Waals surface area contributed by atoms with Crippen LogP contribution in [0.5, 0.6) is 0 Å². The van der Waals surface area contributed by atoms with Crippen LogP contribution in [0.3, 0.4) is 0 Å². The molecule has 1 aromatic carbocycles. The van der Waals surface area contributed by atoms with Crippen LogP contribution >= 0.6 is 0 Å². The van der Waals surface area contributed by atoms with Crippen molar-refractivity contribution in [3.8, 4) is 17.4 Å². The van der Waals surface area contributed by atoms with Gasteiger partial charge in [0.15, 0.2) is 5.76 Å². The first-order valence-electron chi connectivity index (χ1n) is 15.7. The fraction of sp³-hybridized carbons (Fsp3) is 0.576. The lowest BCUT2D eigenvalue weighted by molar-refractivity contribution is -0.128. The maximum atomic E-state index is 15.3. The fourth-order valence-electron chi connectivity index (χ4n) is 7.07. The summed E-state index contributed by atoms with van der Waals surface area (Å²) in [5.41, 5.74) is -0.00221. The molecule has 45 heavy (non-hydrogen) atoms. The number of carbonyl (C=O) groups excluding carboxylic acids is 3. The molecule has 12 heteroatoms. The summed E-state index contributed by atoms with van der Waals surface area (Å²) in [6.45, 7) is 9.46. The van der Waals surface area contributed by atoms with Crippen molar-refractivity contribution in [1.29, 1.82) is 5.26 Å². The number of morpholine rings is 1. The molecule has 4 heterocycles. The molecule has 4 fully saturated rings. The van der Waals surface area contributed by atoms with Crippen LogP contribution in [0.4, 0.5) is 9.18 Å². The van der Waals surface area contributed by atoms with Crippen molar-refractivity contribution < 1.29 is 32.7 Å². The van der Waals surface area contributed by atoms with E-state index in [1.165, 1.54) is 11.0 Å². The topological polar surface area (TPSA) is 128 Å². The number of ether oxygens (including phenoxy) is 2. The number of halogens is 1. The number of nitrogens with one attached hydrogen (secondary N) is 1. The largest absolute Gasteiger partial charge is 0.451 e. The van der Waals surface area contributed by atoms with Crippen molar-refractivity contribution in [3.05, 3.63) is 47.5 Å². The van der Waals surface area contributed by atoms with Crippen molar-refractivity contribution in [2.24, 2.45) is 5.92 Å². The first-order valence-corrected chi connectivity index (χ1v) is 15.7. The van der Waals surface area contributed by atoms with Crippen molar-refractivity contribution >= 4 is 17.9 Å². The molecule has 6 rings (SSSR count). The summed E-state index contributed by atoms with van der Waals surface area (Å²) >= 11 is 0. The maximum absolute atomic E-state index is 15.3. The minimum atomic E-state index is -1.000. The molecule has 1 unspecified atom stereocenters. The zero-order chi connectivity index (χ0) is 31.9. The van der Waals surface area contributed by atoms with Crippen molar-refractivity contribution in [2.45, 2.75) is 76.2 Å². The van der Waals surface area contributed by atoms with Gasteiger partial charge in [-0.1, -0.05) is 12.1 Å². The molecule has 2 bridgehead atoms. The first kappa shape index (κ1) is 31.0. The molecule has 4 aliphatic rings. The predicted octanol–water partition coefficient (Wildman–Crippen LogP) is 3.58. The summed E-state index contributed by atoms with van der Waals surface area (Å²) in [5, 5.41) is 12.6. The molecule has 3 amide bonds. The monoisotopic (exact) mass is 621 g/mol. The Morgan fingerprint density at radius 2 is 1.96 bits per heavy atom. The van der Waals surface area contributed by atoms with Crippen LogP contribution in [0.1, 0.15) is 56.2 Å². The number of hydrogen-bond acceptors (Lipinski definition) is 8. The number of carbonyl (C=O) groups is 3. The molecule has 1 N–H and O–H groups in total. The second-order valence-electron chi connectivity index (χ2n) is 13.4. The Morgan fingerprint density at radius 3 is 2.71 bits per heavy atom. The molecule has 1 aromatic heterocycles. The molecule has 1 aliphatic carbocycles. The third-order valence-corrected chi connectivity index (χ3v) is 9.23. The van der Waals surface area contributed by atoms with E-state index in [9.17, 15) is 19.6 Å². The molecule has 2 aromatic rings. The van der Waals surface area contributed by atoms with Gasteiger partial charge in [-0.3, -0.25) is 19.4 Å². The van der Waals surface area contributed by atoms with Gasteiger partial charge in [-0.05, 0) is 69.7 Å². The average molecular weight is 622 g/mol. The molecule has 240 valence electrons. The quantitative estimate of drug-likeness (QED) is 0.519. The van der Waals surface area contributed by atoms with Gasteiger partial charge in [0.05, 0.1) is 25.3 Å². The SMILES string of the molecule is CC(C)(C)OC(=O)N1[C@@H]2CC[C@@H](C2)[C@H]1C(=O)N[C@H](C#N)Cc1ccc(-c2ccc(C(=O)N3CCN4CCOCC4C3)o2)cc1F. The second kappa shape index (κ2) is 12.4. The van der Waals surface area contributed by atoms with Crippen molar-refractivity contribution in [2.75, 3.05) is 39.4 Å². The third-order valence-electron chi connectivity index (χ3n) is 9.23. The van der Waals surface area contributed by atoms with Gasteiger partial charge < -0.3 is 24.1 Å². The number of piperazine rings is 1. The van der Waals surface area contributed by atoms with E-state index in [1.54, 1.807) is 49.9 Å². The Bertz CT molecular complexity index is 1500. The predicted molar refractivity (Wildman–Crippen MR) is 160 cm³/mol. The van der Waals surface area contributed by atoms with Gasteiger partial charge in [-0.15, -0.1) is 0 Å². The Morgan fingerprint density at radius 1 is 1.13 bits per heavy atom. The van der Waals surface area contributed by atoms with Crippen LogP contribution in [-0.2, 0) is 20.7 Å². The van der Waals surface area contributed by atoms with Crippen LogP contribution in [0.2, 0.25) is 0 Å². The zero-order valence-corrected chi connectivity index (χ0v) is 26.0. The molecule has 3 saturated heterocycles. The van der Waals surface area contributed by atoms with E-state index in [-0.39, 0.29) is 41.7 Å². The van der Waals surface area contributed by atoms with Crippen LogP contribution < -0.4 is 5.32 Å². The average Bonchev–Trinajstić information content (AvgIpc) is 3.77. The standard InChI is InChI=1S/C33H40FN5O6/c1-33(2,3)45-32(42)39-24-7-6-22(15-24)29(39)30(40)36-23(17-35)14-20-4-5-21(16-26(20)34)27-8-9-28(44-27)31(41)38-11-10-37-12-13-43-19-25(37)18-38/h4-5,8-9,16,22-25,29H,6-7,10-15,18-19H2,1-3H3,(H,36,40)/t22-,23-,24+,25?,29-/m0/s1. The van der Waals surface area contributed by atoms with E-state index >= 15 is 4.39 Å². The van der Waals surface area contributed by atoms with E-state index in [1.807, 2.05) is 0 Å². The highest BCUT2D eigenvalue weighted by Crippen LogP contribution is 2.43. The minimum absolute atomic E-state index is 0.00571. The van der Waals surface area contributed by atoms with E-state index < -0.39 is 35.5 Å². The number of amides is 3. The molecule has 5 atom stereocenters. The normalized spacial score (nSPS) is 25.4. The summed E-state index contributed by atoms with van der Waals surface area (Å²) in [5.74, 6) is -0.664. The summed E-state index contributed by atoms with van der Waals surface area (Å²) in [7, 11) is 0.